The molecule has 1 atom stereocenters. The van der Waals surface area contributed by atoms with Crippen molar-refractivity contribution < 1.29 is 37.3 Å². The van der Waals surface area contributed by atoms with Gasteiger partial charge in [-0.25, -0.2) is 4.79 Å². The van der Waals surface area contributed by atoms with E-state index < -0.39 is 30.0 Å². The number of halogens is 4. The van der Waals surface area contributed by atoms with Gasteiger partial charge < -0.3 is 25.2 Å². The number of rotatable bonds is 11. The third-order valence-corrected chi connectivity index (χ3v) is 6.99. The van der Waals surface area contributed by atoms with Gasteiger partial charge in [-0.15, -0.1) is 13.2 Å². The molecule has 0 aromatic heterocycles. The molecule has 3 N–H and O–H groups in total. The molecule has 234 valence electrons. The Morgan fingerprint density at radius 2 is 1.48 bits per heavy atom. The van der Waals surface area contributed by atoms with Crippen molar-refractivity contribution >= 4 is 34.9 Å². The second-order valence-corrected chi connectivity index (χ2v) is 10.5. The van der Waals surface area contributed by atoms with Crippen molar-refractivity contribution in [3.8, 4) is 28.4 Å². The molecule has 0 aliphatic carbocycles. The third-order valence-electron chi connectivity index (χ3n) is 6.76. The highest BCUT2D eigenvalue weighted by molar-refractivity contribution is 6.31. The molecule has 5 aromatic rings. The fourth-order valence-corrected chi connectivity index (χ4v) is 4.78. The third kappa shape index (κ3) is 8.58. The van der Waals surface area contributed by atoms with Crippen LogP contribution >= 0.6 is 11.6 Å². The summed E-state index contributed by atoms with van der Waals surface area (Å²) in [5, 5.41) is 15.7. The molecule has 0 spiro atoms. The van der Waals surface area contributed by atoms with Gasteiger partial charge in [0.15, 0.2) is 0 Å². The van der Waals surface area contributed by atoms with E-state index in [0.717, 1.165) is 23.3 Å². The first kappa shape index (κ1) is 31.9. The van der Waals surface area contributed by atoms with Crippen LogP contribution < -0.4 is 20.1 Å². The van der Waals surface area contributed by atoms with Gasteiger partial charge in [-0.2, -0.15) is 0 Å². The highest BCUT2D eigenvalue weighted by Gasteiger charge is 2.31. The average Bonchev–Trinajstić information content (AvgIpc) is 3.03. The molecular weight excluding hydrogens is 621 g/mol. The van der Waals surface area contributed by atoms with Crippen molar-refractivity contribution in [2.24, 2.45) is 0 Å². The first-order valence-electron chi connectivity index (χ1n) is 13.9. The molecule has 0 saturated carbocycles. The van der Waals surface area contributed by atoms with Crippen LogP contribution in [-0.4, -0.2) is 29.4 Å². The van der Waals surface area contributed by atoms with Crippen LogP contribution in [0.1, 0.15) is 15.9 Å². The van der Waals surface area contributed by atoms with Gasteiger partial charge in [0.1, 0.15) is 23.3 Å². The Morgan fingerprint density at radius 1 is 0.804 bits per heavy atom. The van der Waals surface area contributed by atoms with E-state index in [4.69, 9.17) is 16.3 Å². The smallest absolute Gasteiger partial charge is 0.480 e. The lowest BCUT2D eigenvalue weighted by atomic mass is 9.99. The topological polar surface area (TPSA) is 96.9 Å². The number of nitrogens with one attached hydrogen (secondary N) is 2. The molecule has 0 saturated heterocycles. The number of anilines is 2. The maximum Gasteiger partial charge on any atom is 0.573 e. The van der Waals surface area contributed by atoms with E-state index in [0.29, 0.717) is 22.7 Å². The van der Waals surface area contributed by atoms with E-state index in [1.54, 1.807) is 12.1 Å². The Bertz CT molecular complexity index is 1820. The molecule has 46 heavy (non-hydrogen) atoms. The lowest BCUT2D eigenvalue weighted by Gasteiger charge is -2.18. The van der Waals surface area contributed by atoms with Crippen LogP contribution in [0.3, 0.4) is 0 Å². The van der Waals surface area contributed by atoms with Crippen LogP contribution in [0.5, 0.6) is 17.2 Å². The SMILES string of the molecule is O=C(NC(Cc1ccc(-c2ccccc2Oc2ccccc2)cc1)C(=O)O)c1cc(Cl)ccc1Nc1ccc(OC(F)(F)F)cc1. The van der Waals surface area contributed by atoms with E-state index in [-0.39, 0.29) is 22.7 Å². The second-order valence-electron chi connectivity index (χ2n) is 10.1. The summed E-state index contributed by atoms with van der Waals surface area (Å²) in [6, 6.07) is 32.2. The number of amides is 1. The zero-order chi connectivity index (χ0) is 32.7. The number of hydrogen-bond donors (Lipinski definition) is 3. The van der Waals surface area contributed by atoms with Gasteiger partial charge in [0.05, 0.1) is 11.3 Å². The number of carbonyl (C=O) groups is 2. The van der Waals surface area contributed by atoms with Crippen molar-refractivity contribution in [2.75, 3.05) is 5.32 Å². The number of para-hydroxylation sites is 2. The summed E-state index contributed by atoms with van der Waals surface area (Å²) in [7, 11) is 0. The van der Waals surface area contributed by atoms with Crippen LogP contribution in [0.15, 0.2) is 121 Å². The number of alkyl halides is 3. The van der Waals surface area contributed by atoms with Gasteiger partial charge >= 0.3 is 12.3 Å². The van der Waals surface area contributed by atoms with E-state index in [1.165, 1.54) is 30.3 Å². The summed E-state index contributed by atoms with van der Waals surface area (Å²) in [5.74, 6) is -1.00. The minimum atomic E-state index is -4.83. The standard InChI is InChI=1S/C35H26ClF3N2O5/c36-24-14-19-30(40-25-15-17-27(18-16-25)46-35(37,38)39)29(21-24)33(42)41-31(34(43)44)20-22-10-12-23(13-11-22)28-8-4-5-9-32(28)45-26-6-2-1-3-7-26/h1-19,21,31,40H,20H2,(H,41,42)(H,43,44). The summed E-state index contributed by atoms with van der Waals surface area (Å²) >= 11 is 6.14. The summed E-state index contributed by atoms with van der Waals surface area (Å²) in [6.07, 6.45) is -4.84. The number of benzene rings is 5. The van der Waals surface area contributed by atoms with Crippen LogP contribution in [-0.2, 0) is 11.2 Å². The lowest BCUT2D eigenvalue weighted by molar-refractivity contribution is -0.274. The Balaban J connectivity index is 1.29. The maximum atomic E-state index is 13.3. The van der Waals surface area contributed by atoms with Gasteiger partial charge in [0.25, 0.3) is 5.91 Å². The molecule has 0 radical (unpaired) electrons. The van der Waals surface area contributed by atoms with Crippen LogP contribution in [0.2, 0.25) is 5.02 Å². The summed E-state index contributed by atoms with van der Waals surface area (Å²) < 4.78 is 47.4. The molecule has 0 fully saturated rings. The van der Waals surface area contributed by atoms with Gasteiger partial charge in [-0.3, -0.25) is 4.79 Å². The van der Waals surface area contributed by atoms with Gasteiger partial charge in [0, 0.05) is 22.7 Å². The Morgan fingerprint density at radius 3 is 2.15 bits per heavy atom. The minimum absolute atomic E-state index is 0.00644. The molecule has 5 aromatic carbocycles. The van der Waals surface area contributed by atoms with Crippen LogP contribution in [0.25, 0.3) is 11.1 Å². The molecule has 0 aliphatic rings. The number of ether oxygens (including phenoxy) is 2. The predicted octanol–water partition coefficient (Wildman–Crippen LogP) is 8.87. The van der Waals surface area contributed by atoms with E-state index in [9.17, 15) is 27.9 Å². The Labute approximate surface area is 267 Å². The molecule has 5 rings (SSSR count). The quantitative estimate of drug-likeness (QED) is 0.133. The molecule has 0 bridgehead atoms. The number of hydrogen-bond acceptors (Lipinski definition) is 5. The molecular formula is C35H26ClF3N2O5. The monoisotopic (exact) mass is 646 g/mol. The molecule has 1 amide bonds. The molecule has 0 heterocycles. The first-order valence-corrected chi connectivity index (χ1v) is 14.3. The molecule has 11 heteroatoms. The maximum absolute atomic E-state index is 13.3. The summed E-state index contributed by atoms with van der Waals surface area (Å²) in [4.78, 5) is 25.5. The average molecular weight is 647 g/mol. The first-order chi connectivity index (χ1) is 22.0. The zero-order valence-corrected chi connectivity index (χ0v) is 24.7. The number of carboxylic acids is 1. The summed E-state index contributed by atoms with van der Waals surface area (Å²) in [5.41, 5.74) is 3.04. The van der Waals surface area contributed by atoms with Crippen molar-refractivity contribution in [3.63, 3.8) is 0 Å². The molecule has 1 unspecified atom stereocenters. The number of carboxylic acid groups (broad SMARTS) is 1. The van der Waals surface area contributed by atoms with Gasteiger partial charge in [0.2, 0.25) is 0 Å². The van der Waals surface area contributed by atoms with Crippen molar-refractivity contribution in [1.82, 2.24) is 5.32 Å². The fraction of sp³-hybridized carbons (Fsp3) is 0.0857. The van der Waals surface area contributed by atoms with E-state index >= 15 is 0 Å². The highest BCUT2D eigenvalue weighted by Crippen LogP contribution is 2.33. The molecule has 0 aliphatic heterocycles. The number of carbonyl (C=O) groups excluding carboxylic acids is 1. The zero-order valence-electron chi connectivity index (χ0n) is 23.9. The lowest BCUT2D eigenvalue weighted by Crippen LogP contribution is -2.42. The Kier molecular flexibility index (Phi) is 9.78. The van der Waals surface area contributed by atoms with E-state index in [2.05, 4.69) is 15.4 Å². The summed E-state index contributed by atoms with van der Waals surface area (Å²) in [6.45, 7) is 0. The minimum Gasteiger partial charge on any atom is -0.480 e. The second kappa shape index (κ2) is 14.1. The number of aliphatic carboxylic acids is 1. The van der Waals surface area contributed by atoms with Gasteiger partial charge in [-0.1, -0.05) is 72.3 Å². The highest BCUT2D eigenvalue weighted by atomic mass is 35.5. The normalized spacial score (nSPS) is 11.7. The van der Waals surface area contributed by atoms with Crippen LogP contribution in [0, 0.1) is 0 Å². The van der Waals surface area contributed by atoms with Crippen molar-refractivity contribution in [3.05, 3.63) is 137 Å². The largest absolute Gasteiger partial charge is 0.573 e. The molecule has 7 nitrogen and oxygen atoms in total. The fourth-order valence-electron chi connectivity index (χ4n) is 4.61. The Hall–Kier alpha value is -5.48. The van der Waals surface area contributed by atoms with Gasteiger partial charge in [-0.05, 0) is 71.8 Å². The van der Waals surface area contributed by atoms with E-state index in [1.807, 2.05) is 66.7 Å². The van der Waals surface area contributed by atoms with Crippen molar-refractivity contribution in [2.45, 2.75) is 18.8 Å². The van der Waals surface area contributed by atoms with Crippen molar-refractivity contribution in [1.29, 1.82) is 0 Å². The van der Waals surface area contributed by atoms with Crippen LogP contribution in [0.4, 0.5) is 24.5 Å². The predicted molar refractivity (Wildman–Crippen MR) is 169 cm³/mol.